The Hall–Kier alpha value is -2.24. The average Bonchev–Trinajstić information content (AvgIpc) is 3.33. The number of rotatable bonds is 11. The van der Waals surface area contributed by atoms with Gasteiger partial charge in [0, 0.05) is 37.6 Å². The van der Waals surface area contributed by atoms with Gasteiger partial charge in [0.2, 0.25) is 5.91 Å². The molecule has 0 unspecified atom stereocenters. The van der Waals surface area contributed by atoms with Gasteiger partial charge in [0.15, 0.2) is 15.0 Å². The lowest BCUT2D eigenvalue weighted by atomic mass is 10.2. The molecule has 1 aromatic heterocycles. The van der Waals surface area contributed by atoms with Crippen molar-refractivity contribution < 1.29 is 22.7 Å². The van der Waals surface area contributed by atoms with Crippen LogP contribution in [0, 0.1) is 6.92 Å². The summed E-state index contributed by atoms with van der Waals surface area (Å²) >= 11 is 7.35. The third kappa shape index (κ3) is 7.00. The highest BCUT2D eigenvalue weighted by molar-refractivity contribution is 7.91. The molecule has 0 atom stereocenters. The van der Waals surface area contributed by atoms with Crippen LogP contribution in [0.5, 0.6) is 5.75 Å². The highest BCUT2D eigenvalue weighted by Gasteiger charge is 2.23. The van der Waals surface area contributed by atoms with Crippen LogP contribution in [-0.4, -0.2) is 76.5 Å². The molecule has 0 bridgehead atoms. The van der Waals surface area contributed by atoms with Crippen LogP contribution in [0.15, 0.2) is 41.3 Å². The second kappa shape index (κ2) is 12.5. The minimum Gasteiger partial charge on any atom is -0.494 e. The maximum Gasteiger partial charge on any atom is 0.228 e. The molecule has 1 fully saturated rings. The minimum absolute atomic E-state index is 0.108. The van der Waals surface area contributed by atoms with E-state index in [1.165, 1.54) is 23.5 Å². The second-order valence-electron chi connectivity index (χ2n) is 8.99. The van der Waals surface area contributed by atoms with E-state index in [2.05, 4.69) is 4.90 Å². The molecule has 1 aliphatic heterocycles. The van der Waals surface area contributed by atoms with Crippen LogP contribution < -0.4 is 9.64 Å². The third-order valence-corrected chi connectivity index (χ3v) is 9.66. The Bertz CT molecular complexity index is 1320. The van der Waals surface area contributed by atoms with Crippen LogP contribution in [0.2, 0.25) is 5.02 Å². The molecule has 0 N–H and O–H groups in total. The molecule has 200 valence electrons. The number of carbonyl (C=O) groups excluding carboxylic acids is 1. The Labute approximate surface area is 227 Å². The molecule has 11 heteroatoms. The van der Waals surface area contributed by atoms with Crippen LogP contribution in [-0.2, 0) is 19.4 Å². The largest absolute Gasteiger partial charge is 0.494 e. The summed E-state index contributed by atoms with van der Waals surface area (Å²) in [5.41, 5.74) is 1.80. The topological polar surface area (TPSA) is 89.0 Å². The van der Waals surface area contributed by atoms with Gasteiger partial charge in [-0.15, -0.1) is 0 Å². The van der Waals surface area contributed by atoms with E-state index in [0.29, 0.717) is 22.4 Å². The van der Waals surface area contributed by atoms with Crippen molar-refractivity contribution in [2.24, 2.45) is 0 Å². The van der Waals surface area contributed by atoms with Crippen LogP contribution in [0.3, 0.4) is 0 Å². The lowest BCUT2D eigenvalue weighted by Crippen LogP contribution is -2.39. The molecule has 1 amide bonds. The van der Waals surface area contributed by atoms with E-state index in [9.17, 15) is 13.2 Å². The molecule has 0 spiro atoms. The number of anilines is 1. The van der Waals surface area contributed by atoms with Crippen molar-refractivity contribution >= 4 is 54.0 Å². The fourth-order valence-corrected chi connectivity index (χ4v) is 6.82. The van der Waals surface area contributed by atoms with Crippen molar-refractivity contribution in [3.63, 3.8) is 0 Å². The molecule has 0 radical (unpaired) electrons. The standard InChI is InChI=1S/C26H32ClN3O5S2/c1-19-6-11-22(34-2)24-25(19)36-26(28-24)30(13-4-12-29-14-16-35-17-15-29)23(31)5-3-18-37(32,33)21-9-7-20(27)8-10-21/h6-11H,3-5,12-18H2,1-2H3. The van der Waals surface area contributed by atoms with E-state index in [-0.39, 0.29) is 29.4 Å². The van der Waals surface area contributed by atoms with Crippen molar-refractivity contribution in [1.82, 2.24) is 9.88 Å². The number of benzene rings is 2. The Morgan fingerprint density at radius 3 is 2.59 bits per heavy atom. The van der Waals surface area contributed by atoms with Gasteiger partial charge >= 0.3 is 0 Å². The predicted octanol–water partition coefficient (Wildman–Crippen LogP) is 4.58. The molecule has 0 aliphatic carbocycles. The highest BCUT2D eigenvalue weighted by atomic mass is 35.5. The van der Waals surface area contributed by atoms with E-state index in [1.54, 1.807) is 24.1 Å². The van der Waals surface area contributed by atoms with Gasteiger partial charge in [-0.1, -0.05) is 29.0 Å². The maximum absolute atomic E-state index is 13.4. The number of sulfone groups is 1. The number of hydrogen-bond donors (Lipinski definition) is 0. The number of aryl methyl sites for hydroxylation is 1. The Morgan fingerprint density at radius 2 is 1.89 bits per heavy atom. The van der Waals surface area contributed by atoms with Crippen molar-refractivity contribution in [1.29, 1.82) is 0 Å². The Morgan fingerprint density at radius 1 is 1.16 bits per heavy atom. The summed E-state index contributed by atoms with van der Waals surface area (Å²) in [5.74, 6) is 0.413. The first-order valence-electron chi connectivity index (χ1n) is 12.3. The summed E-state index contributed by atoms with van der Waals surface area (Å²) in [6, 6.07) is 9.96. The zero-order chi connectivity index (χ0) is 26.4. The quantitative estimate of drug-likeness (QED) is 0.336. The summed E-state index contributed by atoms with van der Waals surface area (Å²) < 4.78 is 37.4. The molecular formula is C26H32ClN3O5S2. The van der Waals surface area contributed by atoms with Crippen molar-refractivity contribution in [2.75, 3.05) is 57.2 Å². The molecule has 1 aliphatic rings. The number of carbonyl (C=O) groups is 1. The average molecular weight is 566 g/mol. The van der Waals surface area contributed by atoms with Gasteiger partial charge in [0.05, 0.1) is 35.7 Å². The number of ether oxygens (including phenoxy) is 2. The van der Waals surface area contributed by atoms with Gasteiger partial charge < -0.3 is 9.47 Å². The number of halogens is 1. The molecule has 37 heavy (non-hydrogen) atoms. The van der Waals surface area contributed by atoms with E-state index in [4.69, 9.17) is 26.1 Å². The molecule has 0 saturated carbocycles. The van der Waals surface area contributed by atoms with Crippen molar-refractivity contribution in [3.8, 4) is 5.75 Å². The maximum atomic E-state index is 13.4. The van der Waals surface area contributed by atoms with Gasteiger partial charge in [-0.3, -0.25) is 14.6 Å². The smallest absolute Gasteiger partial charge is 0.228 e. The molecule has 1 saturated heterocycles. The number of amides is 1. The molecule has 2 aromatic carbocycles. The molecule has 4 rings (SSSR count). The van der Waals surface area contributed by atoms with Crippen molar-refractivity contribution in [2.45, 2.75) is 31.1 Å². The number of fused-ring (bicyclic) bond motifs is 1. The normalized spacial score (nSPS) is 14.7. The predicted molar refractivity (Wildman–Crippen MR) is 148 cm³/mol. The summed E-state index contributed by atoms with van der Waals surface area (Å²) in [6.07, 6.45) is 1.11. The Kier molecular flexibility index (Phi) is 9.41. The zero-order valence-corrected chi connectivity index (χ0v) is 23.5. The number of morpholine rings is 1. The third-order valence-electron chi connectivity index (χ3n) is 6.38. The summed E-state index contributed by atoms with van der Waals surface area (Å²) in [7, 11) is -1.90. The van der Waals surface area contributed by atoms with E-state index >= 15 is 0 Å². The van der Waals surface area contributed by atoms with Gasteiger partial charge in [-0.2, -0.15) is 0 Å². The summed E-state index contributed by atoms with van der Waals surface area (Å²) in [4.78, 5) is 22.4. The van der Waals surface area contributed by atoms with E-state index < -0.39 is 9.84 Å². The van der Waals surface area contributed by atoms with Crippen LogP contribution in [0.4, 0.5) is 5.13 Å². The van der Waals surface area contributed by atoms with Crippen molar-refractivity contribution in [3.05, 3.63) is 47.0 Å². The lowest BCUT2D eigenvalue weighted by Gasteiger charge is -2.27. The summed E-state index contributed by atoms with van der Waals surface area (Å²) in [6.45, 7) is 6.58. The Balaban J connectivity index is 1.48. The van der Waals surface area contributed by atoms with Crippen LogP contribution in [0.25, 0.3) is 10.2 Å². The fraction of sp³-hybridized carbons (Fsp3) is 0.462. The van der Waals surface area contributed by atoms with Crippen LogP contribution >= 0.6 is 22.9 Å². The van der Waals surface area contributed by atoms with Gasteiger partial charge in [0.25, 0.3) is 0 Å². The molecule has 2 heterocycles. The van der Waals surface area contributed by atoms with Gasteiger partial charge in [-0.25, -0.2) is 13.4 Å². The first-order chi connectivity index (χ1) is 17.8. The minimum atomic E-state index is -3.51. The van der Waals surface area contributed by atoms with Crippen LogP contribution in [0.1, 0.15) is 24.8 Å². The number of hydrogen-bond acceptors (Lipinski definition) is 8. The SMILES string of the molecule is COc1ccc(C)c2sc(N(CCCN3CCOCC3)C(=O)CCCS(=O)(=O)c3ccc(Cl)cc3)nc12. The fourth-order valence-electron chi connectivity index (χ4n) is 4.29. The first-order valence-corrected chi connectivity index (χ1v) is 15.2. The van der Waals surface area contributed by atoms with Gasteiger partial charge in [-0.05, 0) is 55.7 Å². The van der Waals surface area contributed by atoms with E-state index in [0.717, 1.165) is 55.0 Å². The lowest BCUT2D eigenvalue weighted by molar-refractivity contribution is -0.118. The number of aromatic nitrogens is 1. The summed E-state index contributed by atoms with van der Waals surface area (Å²) in [5, 5.41) is 1.08. The molecule has 8 nitrogen and oxygen atoms in total. The molecule has 3 aromatic rings. The monoisotopic (exact) mass is 565 g/mol. The first kappa shape index (κ1) is 27.8. The van der Waals surface area contributed by atoms with E-state index in [1.807, 2.05) is 19.1 Å². The van der Waals surface area contributed by atoms with Gasteiger partial charge in [0.1, 0.15) is 11.3 Å². The molecular weight excluding hydrogens is 534 g/mol. The number of thiazole rings is 1. The zero-order valence-electron chi connectivity index (χ0n) is 21.1. The number of methoxy groups -OCH3 is 1. The highest BCUT2D eigenvalue weighted by Crippen LogP contribution is 2.36. The number of nitrogens with zero attached hydrogens (tertiary/aromatic N) is 3. The second-order valence-corrected chi connectivity index (χ2v) is 12.5.